The van der Waals surface area contributed by atoms with Gasteiger partial charge in [-0.2, -0.15) is 0 Å². The number of rotatable bonds is 8. The maximum absolute atomic E-state index is 9.40. The Kier molecular flexibility index (Phi) is 7.52. The van der Waals surface area contributed by atoms with E-state index in [1.165, 1.54) is 0 Å². The lowest BCUT2D eigenvalue weighted by atomic mass is 9.96. The van der Waals surface area contributed by atoms with Gasteiger partial charge in [0.25, 0.3) is 0 Å². The third-order valence-corrected chi connectivity index (χ3v) is 4.05. The Labute approximate surface area is 127 Å². The fourth-order valence-electron chi connectivity index (χ4n) is 2.91. The molecule has 3 N–H and O–H groups in total. The first-order valence-electron chi connectivity index (χ1n) is 7.42. The molecule has 1 aromatic rings. The van der Waals surface area contributed by atoms with E-state index in [1.807, 2.05) is 25.1 Å². The lowest BCUT2D eigenvalue weighted by Crippen LogP contribution is -2.46. The maximum Gasteiger partial charge on any atom is 0.0558 e. The Bertz CT molecular complexity index is 394. The highest BCUT2D eigenvalue weighted by molar-refractivity contribution is 6.30. The molecule has 1 aromatic carbocycles. The van der Waals surface area contributed by atoms with E-state index in [0.717, 1.165) is 23.4 Å². The first kappa shape index (κ1) is 17.4. The zero-order chi connectivity index (χ0) is 15.1. The van der Waals surface area contributed by atoms with Crippen molar-refractivity contribution in [3.8, 4) is 0 Å². The molecule has 2 atom stereocenters. The Morgan fingerprint density at radius 1 is 1.30 bits per heavy atom. The van der Waals surface area contributed by atoms with Crippen LogP contribution in [0.5, 0.6) is 0 Å². The molecule has 2 unspecified atom stereocenters. The van der Waals surface area contributed by atoms with Crippen molar-refractivity contribution in [2.24, 2.45) is 5.73 Å². The van der Waals surface area contributed by atoms with E-state index in [0.29, 0.717) is 12.6 Å². The Morgan fingerprint density at radius 3 is 2.40 bits per heavy atom. The first-order chi connectivity index (χ1) is 9.54. The lowest BCUT2D eigenvalue weighted by Gasteiger charge is -2.39. The zero-order valence-electron chi connectivity index (χ0n) is 12.7. The van der Waals surface area contributed by atoms with Gasteiger partial charge in [0.2, 0.25) is 0 Å². The van der Waals surface area contributed by atoms with Crippen molar-refractivity contribution in [1.29, 1.82) is 0 Å². The quantitative estimate of drug-likeness (QED) is 0.775. The second-order valence-electron chi connectivity index (χ2n) is 5.29. The van der Waals surface area contributed by atoms with Gasteiger partial charge < -0.3 is 10.8 Å². The van der Waals surface area contributed by atoms with Crippen LogP contribution < -0.4 is 5.73 Å². The summed E-state index contributed by atoms with van der Waals surface area (Å²) in [7, 11) is 0. The van der Waals surface area contributed by atoms with E-state index < -0.39 is 0 Å². The topological polar surface area (TPSA) is 49.5 Å². The fourth-order valence-corrected chi connectivity index (χ4v) is 3.11. The minimum absolute atomic E-state index is 0.0272. The molecule has 114 valence electrons. The van der Waals surface area contributed by atoms with Gasteiger partial charge in [-0.3, -0.25) is 4.90 Å². The molecule has 0 amide bonds. The van der Waals surface area contributed by atoms with E-state index in [2.05, 4.69) is 24.8 Å². The molecule has 0 fully saturated rings. The zero-order valence-corrected chi connectivity index (χ0v) is 13.5. The van der Waals surface area contributed by atoms with Gasteiger partial charge in [0.15, 0.2) is 0 Å². The molecule has 0 aliphatic heterocycles. The van der Waals surface area contributed by atoms with Crippen LogP contribution in [0.2, 0.25) is 5.02 Å². The fraction of sp³-hybridized carbons (Fsp3) is 0.625. The molecule has 0 aliphatic carbocycles. The Balaban J connectivity index is 3.13. The molecule has 0 bridgehead atoms. The number of hydrogen-bond acceptors (Lipinski definition) is 3. The average Bonchev–Trinajstić information content (AvgIpc) is 2.40. The van der Waals surface area contributed by atoms with Gasteiger partial charge in [0.1, 0.15) is 0 Å². The summed E-state index contributed by atoms with van der Waals surface area (Å²) in [6, 6.07) is 8.33. The molecule has 0 aromatic heterocycles. The van der Waals surface area contributed by atoms with E-state index in [4.69, 9.17) is 17.3 Å². The summed E-state index contributed by atoms with van der Waals surface area (Å²) in [5.74, 6) is 0. The average molecular weight is 299 g/mol. The summed E-state index contributed by atoms with van der Waals surface area (Å²) in [6.07, 6.45) is 2.08. The number of nitrogens with two attached hydrogens (primary N) is 1. The van der Waals surface area contributed by atoms with Gasteiger partial charge in [-0.25, -0.2) is 0 Å². The molecule has 20 heavy (non-hydrogen) atoms. The van der Waals surface area contributed by atoms with Crippen LogP contribution in [0.25, 0.3) is 0 Å². The molecule has 0 spiro atoms. The van der Waals surface area contributed by atoms with Gasteiger partial charge in [-0.15, -0.1) is 0 Å². The number of benzene rings is 1. The molecule has 0 radical (unpaired) electrons. The minimum atomic E-state index is -0.0272. The second-order valence-corrected chi connectivity index (χ2v) is 5.73. The van der Waals surface area contributed by atoms with Crippen molar-refractivity contribution in [3.63, 3.8) is 0 Å². The Hall–Kier alpha value is -0.610. The normalized spacial score (nSPS) is 14.8. The van der Waals surface area contributed by atoms with Gasteiger partial charge in [0.05, 0.1) is 12.6 Å². The van der Waals surface area contributed by atoms with Crippen LogP contribution in [0.4, 0.5) is 0 Å². The highest BCUT2D eigenvalue weighted by Gasteiger charge is 2.28. The predicted octanol–water partition coefficient (Wildman–Crippen LogP) is 3.21. The van der Waals surface area contributed by atoms with E-state index in [9.17, 15) is 5.11 Å². The number of nitrogens with zero attached hydrogens (tertiary/aromatic N) is 1. The molecular formula is C16H27ClN2O. The molecule has 1 rings (SSSR count). The van der Waals surface area contributed by atoms with Crippen LogP contribution in [-0.2, 0) is 0 Å². The van der Waals surface area contributed by atoms with Crippen LogP contribution in [-0.4, -0.2) is 35.2 Å². The lowest BCUT2D eigenvalue weighted by molar-refractivity contribution is 0.0852. The summed E-state index contributed by atoms with van der Waals surface area (Å²) in [4.78, 5) is 2.32. The van der Waals surface area contributed by atoms with Crippen LogP contribution >= 0.6 is 11.6 Å². The molecule has 0 saturated carbocycles. The van der Waals surface area contributed by atoms with Crippen molar-refractivity contribution in [1.82, 2.24) is 4.90 Å². The van der Waals surface area contributed by atoms with Crippen molar-refractivity contribution < 1.29 is 5.11 Å². The van der Waals surface area contributed by atoms with Crippen LogP contribution in [0.15, 0.2) is 24.3 Å². The van der Waals surface area contributed by atoms with Gasteiger partial charge in [-0.05, 0) is 37.5 Å². The van der Waals surface area contributed by atoms with E-state index >= 15 is 0 Å². The molecule has 3 nitrogen and oxygen atoms in total. The molecular weight excluding hydrogens is 272 g/mol. The number of hydrogen-bond donors (Lipinski definition) is 2. The Morgan fingerprint density at radius 2 is 1.95 bits per heavy atom. The first-order valence-corrected chi connectivity index (χ1v) is 7.80. The molecule has 4 heteroatoms. The van der Waals surface area contributed by atoms with Crippen molar-refractivity contribution in [2.45, 2.75) is 51.7 Å². The predicted molar refractivity (Wildman–Crippen MR) is 86.0 cm³/mol. The maximum atomic E-state index is 9.40. The number of halogens is 1. The third kappa shape index (κ3) is 4.45. The summed E-state index contributed by atoms with van der Waals surface area (Å²) < 4.78 is 0. The monoisotopic (exact) mass is 298 g/mol. The van der Waals surface area contributed by atoms with Gasteiger partial charge >= 0.3 is 0 Å². The largest absolute Gasteiger partial charge is 0.395 e. The summed E-state index contributed by atoms with van der Waals surface area (Å²) in [6.45, 7) is 7.13. The van der Waals surface area contributed by atoms with Crippen molar-refractivity contribution >= 4 is 11.6 Å². The number of aliphatic hydroxyl groups excluding tert-OH is 1. The van der Waals surface area contributed by atoms with Gasteiger partial charge in [-0.1, -0.05) is 37.6 Å². The van der Waals surface area contributed by atoms with Crippen molar-refractivity contribution in [3.05, 3.63) is 34.9 Å². The summed E-state index contributed by atoms with van der Waals surface area (Å²) >= 11 is 6.11. The summed E-state index contributed by atoms with van der Waals surface area (Å²) in [5.41, 5.74) is 7.35. The standard InChI is InChI=1S/C16H27ClN2O/c1-4-15(5-2)19(9-10-20)16(12(3)18)13-7-6-8-14(17)11-13/h6-8,11-12,15-16,20H,4-5,9-10,18H2,1-3H3. The van der Waals surface area contributed by atoms with Crippen LogP contribution in [0.3, 0.4) is 0 Å². The molecule has 0 heterocycles. The van der Waals surface area contributed by atoms with Crippen LogP contribution in [0, 0.1) is 0 Å². The summed E-state index contributed by atoms with van der Waals surface area (Å²) in [5, 5.41) is 10.1. The van der Waals surface area contributed by atoms with E-state index in [1.54, 1.807) is 0 Å². The van der Waals surface area contributed by atoms with Crippen molar-refractivity contribution in [2.75, 3.05) is 13.2 Å². The smallest absolute Gasteiger partial charge is 0.0558 e. The SMILES string of the molecule is CCC(CC)N(CCO)C(c1cccc(Cl)c1)C(C)N. The third-order valence-electron chi connectivity index (χ3n) is 3.82. The van der Waals surface area contributed by atoms with E-state index in [-0.39, 0.29) is 18.7 Å². The van der Waals surface area contributed by atoms with Crippen LogP contribution in [0.1, 0.15) is 45.2 Å². The molecule has 0 aliphatic rings. The highest BCUT2D eigenvalue weighted by Crippen LogP contribution is 2.29. The highest BCUT2D eigenvalue weighted by atomic mass is 35.5. The minimum Gasteiger partial charge on any atom is -0.395 e. The van der Waals surface area contributed by atoms with Gasteiger partial charge in [0, 0.05) is 23.7 Å². The number of aliphatic hydroxyl groups is 1. The molecule has 0 saturated heterocycles. The second kappa shape index (κ2) is 8.63.